The molecule has 2 aliphatic rings. The Morgan fingerprint density at radius 1 is 1.38 bits per heavy atom. The summed E-state index contributed by atoms with van der Waals surface area (Å²) in [7, 11) is 1.82. The van der Waals surface area contributed by atoms with E-state index in [9.17, 15) is 0 Å². The molecule has 2 heterocycles. The van der Waals surface area contributed by atoms with Crippen LogP contribution in [0.3, 0.4) is 0 Å². The molecule has 3 heteroatoms. The van der Waals surface area contributed by atoms with Crippen molar-refractivity contribution in [3.8, 4) is 0 Å². The van der Waals surface area contributed by atoms with E-state index >= 15 is 0 Å². The SMILES string of the molecule is COCC1CCCN(C2CCNC(C)C2)C1. The van der Waals surface area contributed by atoms with E-state index in [0.29, 0.717) is 6.04 Å². The van der Waals surface area contributed by atoms with Crippen molar-refractivity contribution < 1.29 is 4.74 Å². The first-order chi connectivity index (χ1) is 7.79. The quantitative estimate of drug-likeness (QED) is 0.789. The lowest BCUT2D eigenvalue weighted by atomic mass is 9.93. The van der Waals surface area contributed by atoms with Crippen LogP contribution in [0.5, 0.6) is 0 Å². The lowest BCUT2D eigenvalue weighted by Crippen LogP contribution is -2.50. The van der Waals surface area contributed by atoms with E-state index in [1.165, 1.54) is 45.3 Å². The Balaban J connectivity index is 1.83. The molecule has 2 aliphatic heterocycles. The molecule has 0 radical (unpaired) electrons. The summed E-state index contributed by atoms with van der Waals surface area (Å²) < 4.78 is 5.30. The van der Waals surface area contributed by atoms with Gasteiger partial charge in [0.15, 0.2) is 0 Å². The molecule has 94 valence electrons. The number of likely N-dealkylation sites (tertiary alicyclic amines) is 1. The molecule has 0 amide bonds. The van der Waals surface area contributed by atoms with Crippen molar-refractivity contribution in [3.05, 3.63) is 0 Å². The highest BCUT2D eigenvalue weighted by molar-refractivity contribution is 4.85. The Kier molecular flexibility index (Phi) is 4.62. The highest BCUT2D eigenvalue weighted by Crippen LogP contribution is 2.23. The molecular weight excluding hydrogens is 200 g/mol. The molecule has 0 aromatic rings. The number of hydrogen-bond acceptors (Lipinski definition) is 3. The van der Waals surface area contributed by atoms with Crippen LogP contribution in [0.2, 0.25) is 0 Å². The van der Waals surface area contributed by atoms with E-state index in [4.69, 9.17) is 4.74 Å². The van der Waals surface area contributed by atoms with Crippen molar-refractivity contribution in [1.82, 2.24) is 10.2 Å². The summed E-state index contributed by atoms with van der Waals surface area (Å²) in [5.74, 6) is 0.768. The van der Waals surface area contributed by atoms with Crippen LogP contribution >= 0.6 is 0 Å². The number of piperidine rings is 2. The van der Waals surface area contributed by atoms with Crippen molar-refractivity contribution in [3.63, 3.8) is 0 Å². The summed E-state index contributed by atoms with van der Waals surface area (Å²) in [5.41, 5.74) is 0. The minimum Gasteiger partial charge on any atom is -0.384 e. The molecule has 2 rings (SSSR count). The van der Waals surface area contributed by atoms with E-state index in [1.807, 2.05) is 7.11 Å². The minimum absolute atomic E-state index is 0.696. The third kappa shape index (κ3) is 3.19. The lowest BCUT2D eigenvalue weighted by molar-refractivity contribution is 0.0545. The Labute approximate surface area is 99.5 Å². The molecule has 3 unspecified atom stereocenters. The number of hydrogen-bond donors (Lipinski definition) is 1. The lowest BCUT2D eigenvalue weighted by Gasteiger charge is -2.41. The smallest absolute Gasteiger partial charge is 0.0502 e. The molecule has 0 saturated carbocycles. The van der Waals surface area contributed by atoms with Crippen molar-refractivity contribution in [2.24, 2.45) is 5.92 Å². The number of nitrogens with one attached hydrogen (secondary N) is 1. The molecule has 16 heavy (non-hydrogen) atoms. The minimum atomic E-state index is 0.696. The topological polar surface area (TPSA) is 24.5 Å². The molecular formula is C13H26N2O. The zero-order valence-corrected chi connectivity index (χ0v) is 10.7. The van der Waals surface area contributed by atoms with E-state index < -0.39 is 0 Å². The Morgan fingerprint density at radius 3 is 3.00 bits per heavy atom. The summed E-state index contributed by atoms with van der Waals surface area (Å²) in [6.45, 7) is 7.00. The molecule has 3 nitrogen and oxygen atoms in total. The molecule has 3 atom stereocenters. The highest BCUT2D eigenvalue weighted by Gasteiger charge is 2.28. The number of methoxy groups -OCH3 is 1. The van der Waals surface area contributed by atoms with Crippen LogP contribution in [0.4, 0.5) is 0 Å². The third-order valence-corrected chi connectivity index (χ3v) is 4.07. The fourth-order valence-corrected chi connectivity index (χ4v) is 3.24. The van der Waals surface area contributed by atoms with Crippen molar-refractivity contribution >= 4 is 0 Å². The fraction of sp³-hybridized carbons (Fsp3) is 1.00. The van der Waals surface area contributed by atoms with Gasteiger partial charge in [0.1, 0.15) is 0 Å². The van der Waals surface area contributed by atoms with Crippen molar-refractivity contribution in [1.29, 1.82) is 0 Å². The van der Waals surface area contributed by atoms with Gasteiger partial charge < -0.3 is 10.1 Å². The van der Waals surface area contributed by atoms with Gasteiger partial charge in [0.05, 0.1) is 6.61 Å². The van der Waals surface area contributed by atoms with Gasteiger partial charge >= 0.3 is 0 Å². The van der Waals surface area contributed by atoms with Crippen LogP contribution in [-0.4, -0.2) is 50.3 Å². The molecule has 0 spiro atoms. The average molecular weight is 226 g/mol. The van der Waals surface area contributed by atoms with Gasteiger partial charge in [0.25, 0.3) is 0 Å². The van der Waals surface area contributed by atoms with Gasteiger partial charge in [-0.25, -0.2) is 0 Å². The summed E-state index contributed by atoms with van der Waals surface area (Å²) in [5, 5.41) is 3.54. The van der Waals surface area contributed by atoms with Crippen LogP contribution in [0.25, 0.3) is 0 Å². The van der Waals surface area contributed by atoms with E-state index in [1.54, 1.807) is 0 Å². The van der Waals surface area contributed by atoms with Crippen LogP contribution in [0.1, 0.15) is 32.6 Å². The molecule has 0 aromatic heterocycles. The summed E-state index contributed by atoms with van der Waals surface area (Å²) in [6, 6.07) is 1.51. The first-order valence-electron chi connectivity index (χ1n) is 6.76. The second kappa shape index (κ2) is 5.99. The fourth-order valence-electron chi connectivity index (χ4n) is 3.24. The standard InChI is InChI=1S/C13H26N2O/c1-11-8-13(5-6-14-11)15-7-3-4-12(9-15)10-16-2/h11-14H,3-10H2,1-2H3. The van der Waals surface area contributed by atoms with Gasteiger partial charge in [-0.15, -0.1) is 0 Å². The van der Waals surface area contributed by atoms with E-state index in [0.717, 1.165) is 18.6 Å². The first kappa shape index (κ1) is 12.3. The van der Waals surface area contributed by atoms with Gasteiger partial charge in [-0.05, 0) is 51.6 Å². The van der Waals surface area contributed by atoms with E-state index in [-0.39, 0.29) is 0 Å². The normalized spacial score (nSPS) is 37.5. The number of rotatable bonds is 3. The largest absolute Gasteiger partial charge is 0.384 e. The Bertz CT molecular complexity index is 208. The number of nitrogens with zero attached hydrogens (tertiary/aromatic N) is 1. The van der Waals surface area contributed by atoms with Gasteiger partial charge in [-0.3, -0.25) is 4.90 Å². The maximum atomic E-state index is 5.30. The van der Waals surface area contributed by atoms with E-state index in [2.05, 4.69) is 17.1 Å². The van der Waals surface area contributed by atoms with Gasteiger partial charge in [0.2, 0.25) is 0 Å². The maximum Gasteiger partial charge on any atom is 0.0502 e. The second-order valence-electron chi connectivity index (χ2n) is 5.49. The van der Waals surface area contributed by atoms with Crippen molar-refractivity contribution in [2.75, 3.05) is 33.4 Å². The van der Waals surface area contributed by atoms with Crippen molar-refractivity contribution in [2.45, 2.75) is 44.7 Å². The third-order valence-electron chi connectivity index (χ3n) is 4.07. The Morgan fingerprint density at radius 2 is 2.25 bits per heavy atom. The molecule has 0 aromatic carbocycles. The molecule has 2 fully saturated rings. The van der Waals surface area contributed by atoms with Crippen LogP contribution < -0.4 is 5.32 Å². The summed E-state index contributed by atoms with van der Waals surface area (Å²) >= 11 is 0. The Hall–Kier alpha value is -0.120. The predicted octanol–water partition coefficient (Wildman–Crippen LogP) is 1.49. The maximum absolute atomic E-state index is 5.30. The monoisotopic (exact) mass is 226 g/mol. The molecule has 0 bridgehead atoms. The summed E-state index contributed by atoms with van der Waals surface area (Å²) in [4.78, 5) is 2.71. The van der Waals surface area contributed by atoms with Gasteiger partial charge in [-0.1, -0.05) is 0 Å². The second-order valence-corrected chi connectivity index (χ2v) is 5.49. The molecule has 0 aliphatic carbocycles. The summed E-state index contributed by atoms with van der Waals surface area (Å²) in [6.07, 6.45) is 5.35. The molecule has 1 N–H and O–H groups in total. The highest BCUT2D eigenvalue weighted by atomic mass is 16.5. The van der Waals surface area contributed by atoms with Crippen LogP contribution in [0, 0.1) is 5.92 Å². The zero-order chi connectivity index (χ0) is 11.4. The average Bonchev–Trinajstić information content (AvgIpc) is 2.30. The first-order valence-corrected chi connectivity index (χ1v) is 6.76. The molecule has 2 saturated heterocycles. The zero-order valence-electron chi connectivity index (χ0n) is 10.7. The van der Waals surface area contributed by atoms with Crippen LogP contribution in [0.15, 0.2) is 0 Å². The van der Waals surface area contributed by atoms with Crippen LogP contribution in [-0.2, 0) is 4.74 Å². The predicted molar refractivity (Wildman–Crippen MR) is 66.7 cm³/mol. The van der Waals surface area contributed by atoms with Gasteiger partial charge in [-0.2, -0.15) is 0 Å². The number of ether oxygens (including phenoxy) is 1. The van der Waals surface area contributed by atoms with Gasteiger partial charge in [0, 0.05) is 25.7 Å².